The molecular formula is C10H14N2O. The molecule has 2 heterocycles. The molecule has 0 spiro atoms. The minimum absolute atomic E-state index is 0.473. The van der Waals surface area contributed by atoms with Crippen molar-refractivity contribution in [3.05, 3.63) is 24.0 Å². The smallest absolute Gasteiger partial charge is 0.0668 e. The normalized spacial score (nSPS) is 21.8. The van der Waals surface area contributed by atoms with Crippen LogP contribution in [0.4, 0.5) is 5.69 Å². The first-order valence-corrected chi connectivity index (χ1v) is 4.61. The summed E-state index contributed by atoms with van der Waals surface area (Å²) in [6, 6.07) is 2.48. The fourth-order valence-electron chi connectivity index (χ4n) is 1.50. The largest absolute Gasteiger partial charge is 0.380 e. The van der Waals surface area contributed by atoms with Crippen molar-refractivity contribution in [3.8, 4) is 0 Å². The molecule has 0 saturated carbocycles. The highest BCUT2D eigenvalue weighted by Crippen LogP contribution is 2.16. The monoisotopic (exact) mass is 178 g/mol. The topological polar surface area (TPSA) is 34.2 Å². The van der Waals surface area contributed by atoms with Crippen LogP contribution in [-0.2, 0) is 4.74 Å². The molecule has 1 aliphatic heterocycles. The van der Waals surface area contributed by atoms with E-state index >= 15 is 0 Å². The summed E-state index contributed by atoms with van der Waals surface area (Å²) in [6.45, 7) is 3.76. The van der Waals surface area contributed by atoms with Crippen molar-refractivity contribution >= 4 is 5.69 Å². The Labute approximate surface area is 78.1 Å². The highest BCUT2D eigenvalue weighted by molar-refractivity contribution is 5.49. The van der Waals surface area contributed by atoms with Gasteiger partial charge in [0, 0.05) is 24.7 Å². The van der Waals surface area contributed by atoms with Crippen LogP contribution >= 0.6 is 0 Å². The fourth-order valence-corrected chi connectivity index (χ4v) is 1.50. The molecule has 2 rings (SSSR count). The zero-order valence-corrected chi connectivity index (χ0v) is 7.79. The van der Waals surface area contributed by atoms with Crippen molar-refractivity contribution in [1.82, 2.24) is 4.98 Å². The summed E-state index contributed by atoms with van der Waals surface area (Å²) in [5.41, 5.74) is 2.36. The highest BCUT2D eigenvalue weighted by atomic mass is 16.5. The Morgan fingerprint density at radius 2 is 2.54 bits per heavy atom. The summed E-state index contributed by atoms with van der Waals surface area (Å²) in [7, 11) is 0. The molecule has 3 heteroatoms. The van der Waals surface area contributed by atoms with E-state index in [-0.39, 0.29) is 0 Å². The van der Waals surface area contributed by atoms with E-state index in [2.05, 4.69) is 17.2 Å². The molecule has 1 fully saturated rings. The summed E-state index contributed by atoms with van der Waals surface area (Å²) < 4.78 is 5.29. The molecule has 0 bridgehead atoms. The Bertz CT molecular complexity index is 282. The lowest BCUT2D eigenvalue weighted by atomic mass is 10.2. The van der Waals surface area contributed by atoms with E-state index < -0.39 is 0 Å². The third-order valence-corrected chi connectivity index (χ3v) is 2.31. The lowest BCUT2D eigenvalue weighted by molar-refractivity contribution is 0.195. The molecule has 1 aliphatic rings. The Balaban J connectivity index is 2.04. The lowest BCUT2D eigenvalue weighted by Crippen LogP contribution is -2.19. The molecule has 0 aliphatic carbocycles. The average molecular weight is 178 g/mol. The summed E-state index contributed by atoms with van der Waals surface area (Å²) in [6.07, 6.45) is 4.78. The predicted molar refractivity (Wildman–Crippen MR) is 51.8 cm³/mol. The second-order valence-corrected chi connectivity index (χ2v) is 3.40. The first-order valence-electron chi connectivity index (χ1n) is 4.61. The second-order valence-electron chi connectivity index (χ2n) is 3.40. The molecule has 1 unspecified atom stereocenters. The maximum Gasteiger partial charge on any atom is 0.0668 e. The van der Waals surface area contributed by atoms with E-state index in [0.29, 0.717) is 6.04 Å². The van der Waals surface area contributed by atoms with Gasteiger partial charge in [-0.15, -0.1) is 0 Å². The van der Waals surface area contributed by atoms with Gasteiger partial charge in [0.25, 0.3) is 0 Å². The lowest BCUT2D eigenvalue weighted by Gasteiger charge is -2.13. The number of aromatic nitrogens is 1. The van der Waals surface area contributed by atoms with Gasteiger partial charge in [0.1, 0.15) is 0 Å². The van der Waals surface area contributed by atoms with Crippen LogP contribution in [0.5, 0.6) is 0 Å². The predicted octanol–water partition coefficient (Wildman–Crippen LogP) is 1.59. The zero-order valence-electron chi connectivity index (χ0n) is 7.79. The van der Waals surface area contributed by atoms with E-state index in [9.17, 15) is 0 Å². The van der Waals surface area contributed by atoms with Crippen molar-refractivity contribution in [2.75, 3.05) is 18.5 Å². The van der Waals surface area contributed by atoms with Gasteiger partial charge in [0.05, 0.1) is 12.6 Å². The third-order valence-electron chi connectivity index (χ3n) is 2.31. The molecule has 1 saturated heterocycles. The minimum Gasteiger partial charge on any atom is -0.380 e. The van der Waals surface area contributed by atoms with Crippen LogP contribution < -0.4 is 5.32 Å². The van der Waals surface area contributed by atoms with Crippen LogP contribution in [0.2, 0.25) is 0 Å². The molecule has 0 radical (unpaired) electrons. The third kappa shape index (κ3) is 1.98. The molecule has 1 aromatic rings. The van der Waals surface area contributed by atoms with Crippen LogP contribution in [0.1, 0.15) is 12.0 Å². The number of aryl methyl sites for hydroxylation is 1. The number of nitrogens with zero attached hydrogens (tertiary/aromatic N) is 1. The molecule has 1 aromatic heterocycles. The van der Waals surface area contributed by atoms with Crippen molar-refractivity contribution in [1.29, 1.82) is 0 Å². The van der Waals surface area contributed by atoms with Crippen LogP contribution in [0.3, 0.4) is 0 Å². The van der Waals surface area contributed by atoms with Crippen molar-refractivity contribution in [3.63, 3.8) is 0 Å². The first kappa shape index (κ1) is 8.51. The number of hydrogen-bond acceptors (Lipinski definition) is 3. The molecule has 0 aromatic carbocycles. The highest BCUT2D eigenvalue weighted by Gasteiger charge is 2.15. The number of nitrogens with one attached hydrogen (secondary N) is 1. The van der Waals surface area contributed by atoms with E-state index in [0.717, 1.165) is 19.6 Å². The second kappa shape index (κ2) is 3.75. The Hall–Kier alpha value is -1.09. The van der Waals surface area contributed by atoms with Gasteiger partial charge < -0.3 is 10.1 Å². The summed E-state index contributed by atoms with van der Waals surface area (Å²) in [5, 5.41) is 3.44. The van der Waals surface area contributed by atoms with Crippen molar-refractivity contribution in [2.24, 2.45) is 0 Å². The standard InChI is InChI=1S/C10H14N2O/c1-8-6-11-4-2-10(8)12-9-3-5-13-7-9/h2,4,6,9H,3,5,7H2,1H3,(H,11,12). The maximum absolute atomic E-state index is 5.29. The molecule has 0 amide bonds. The van der Waals surface area contributed by atoms with Gasteiger partial charge in [0.2, 0.25) is 0 Å². The number of anilines is 1. The number of ether oxygens (including phenoxy) is 1. The van der Waals surface area contributed by atoms with Gasteiger partial charge >= 0.3 is 0 Å². The van der Waals surface area contributed by atoms with E-state index in [1.165, 1.54) is 11.3 Å². The van der Waals surface area contributed by atoms with Crippen molar-refractivity contribution in [2.45, 2.75) is 19.4 Å². The van der Waals surface area contributed by atoms with Gasteiger partial charge in [-0.25, -0.2) is 0 Å². The van der Waals surface area contributed by atoms with Crippen LogP contribution in [-0.4, -0.2) is 24.2 Å². The Morgan fingerprint density at radius 3 is 3.23 bits per heavy atom. The number of hydrogen-bond donors (Lipinski definition) is 1. The molecule has 1 N–H and O–H groups in total. The average Bonchev–Trinajstić information content (AvgIpc) is 2.61. The summed E-state index contributed by atoms with van der Waals surface area (Å²) in [4.78, 5) is 4.05. The van der Waals surface area contributed by atoms with Gasteiger partial charge in [-0.05, 0) is 25.0 Å². The van der Waals surface area contributed by atoms with Gasteiger partial charge in [-0.3, -0.25) is 4.98 Å². The van der Waals surface area contributed by atoms with Crippen LogP contribution in [0, 0.1) is 6.92 Å². The van der Waals surface area contributed by atoms with Crippen LogP contribution in [0.25, 0.3) is 0 Å². The zero-order chi connectivity index (χ0) is 9.10. The fraction of sp³-hybridized carbons (Fsp3) is 0.500. The van der Waals surface area contributed by atoms with E-state index in [1.54, 1.807) is 0 Å². The molecule has 1 atom stereocenters. The molecule has 3 nitrogen and oxygen atoms in total. The van der Waals surface area contributed by atoms with Crippen molar-refractivity contribution < 1.29 is 4.74 Å². The first-order chi connectivity index (χ1) is 6.36. The molecule has 70 valence electrons. The van der Waals surface area contributed by atoms with Gasteiger partial charge in [-0.1, -0.05) is 0 Å². The van der Waals surface area contributed by atoms with Gasteiger partial charge in [-0.2, -0.15) is 0 Å². The Kier molecular flexibility index (Phi) is 2.45. The minimum atomic E-state index is 0.473. The molecule has 13 heavy (non-hydrogen) atoms. The van der Waals surface area contributed by atoms with Gasteiger partial charge in [0.15, 0.2) is 0 Å². The van der Waals surface area contributed by atoms with E-state index in [4.69, 9.17) is 4.74 Å². The number of pyridine rings is 1. The summed E-state index contributed by atoms with van der Waals surface area (Å²) in [5.74, 6) is 0. The number of rotatable bonds is 2. The van der Waals surface area contributed by atoms with Crippen LogP contribution in [0.15, 0.2) is 18.5 Å². The summed E-state index contributed by atoms with van der Waals surface area (Å²) >= 11 is 0. The van der Waals surface area contributed by atoms with E-state index in [1.807, 2.05) is 18.5 Å². The quantitative estimate of drug-likeness (QED) is 0.746. The maximum atomic E-state index is 5.29. The molecular weight excluding hydrogens is 164 g/mol. The Morgan fingerprint density at radius 1 is 1.62 bits per heavy atom. The SMILES string of the molecule is Cc1cnccc1NC1CCOC1.